The molecule has 2 aromatic rings. The predicted octanol–water partition coefficient (Wildman–Crippen LogP) is -0.132. The van der Waals surface area contributed by atoms with Crippen molar-refractivity contribution in [3.63, 3.8) is 0 Å². The zero-order valence-electron chi connectivity index (χ0n) is 13.4. The lowest BCUT2D eigenvalue weighted by molar-refractivity contribution is -0.678. The van der Waals surface area contributed by atoms with Gasteiger partial charge in [0.1, 0.15) is 0 Å². The third kappa shape index (κ3) is 10.9. The van der Waals surface area contributed by atoms with Gasteiger partial charge in [-0.15, -0.1) is 4.68 Å². The molecule has 4 nitrogen and oxygen atoms in total. The monoisotopic (exact) mass is 373 g/mol. The molecule has 2 rings (SSSR count). The minimum atomic E-state index is -4.78. The third-order valence-corrected chi connectivity index (χ3v) is 2.45. The molecule has 1 aromatic carbocycles. The Hall–Kier alpha value is -2.40. The van der Waals surface area contributed by atoms with Gasteiger partial charge in [-0.1, -0.05) is 30.3 Å². The van der Waals surface area contributed by atoms with E-state index in [9.17, 15) is 30.9 Å². The number of hydrogen-bond acceptors (Lipinski definition) is 2. The summed E-state index contributed by atoms with van der Waals surface area (Å²) in [6.45, 7) is 1.97. The second-order valence-corrected chi connectivity index (χ2v) is 4.39. The lowest BCUT2D eigenvalue weighted by atomic mass is 10.1. The van der Waals surface area contributed by atoms with E-state index in [1.54, 1.807) is 10.7 Å². The summed E-state index contributed by atoms with van der Waals surface area (Å²) in [5.74, 6) is -0.768. The summed E-state index contributed by atoms with van der Waals surface area (Å²) in [7, 11) is 0.218. The van der Waals surface area contributed by atoms with E-state index in [1.807, 2.05) is 31.9 Å². The number of aromatic nitrogens is 3. The van der Waals surface area contributed by atoms with Gasteiger partial charge in [0, 0.05) is 17.6 Å². The van der Waals surface area contributed by atoms with Gasteiger partial charge in [0.05, 0.1) is 14.1 Å². The molecule has 0 spiro atoms. The van der Waals surface area contributed by atoms with Crippen LogP contribution in [0.2, 0.25) is 0 Å². The Morgan fingerprint density at radius 1 is 1.16 bits per heavy atom. The molecule has 0 unspecified atom stereocenters. The van der Waals surface area contributed by atoms with Gasteiger partial charge in [-0.25, -0.2) is 4.57 Å². The van der Waals surface area contributed by atoms with Crippen molar-refractivity contribution in [1.82, 2.24) is 9.78 Å². The topological polar surface area (TPSA) is 38.8 Å². The van der Waals surface area contributed by atoms with Crippen molar-refractivity contribution < 1.29 is 40.2 Å². The highest BCUT2D eigenvalue weighted by Crippen LogP contribution is 2.20. The summed E-state index contributed by atoms with van der Waals surface area (Å²) in [6, 6.07) is 6.59. The molecular weight excluding hydrogens is 358 g/mol. The van der Waals surface area contributed by atoms with E-state index in [2.05, 4.69) is 5.10 Å². The summed E-state index contributed by atoms with van der Waals surface area (Å²) in [6.07, 6.45) is -2.85. The molecule has 0 amide bonds. The maximum atomic E-state index is 11.8. The summed E-state index contributed by atoms with van der Waals surface area (Å²) >= 11 is 0. The fourth-order valence-electron chi connectivity index (χ4n) is 1.41. The Labute approximate surface area is 139 Å². The van der Waals surface area contributed by atoms with Crippen LogP contribution in [-0.4, -0.2) is 29.3 Å². The van der Waals surface area contributed by atoms with Gasteiger partial charge >= 0.3 is 13.7 Å². The van der Waals surface area contributed by atoms with Crippen LogP contribution < -0.4 is 9.27 Å². The van der Waals surface area contributed by atoms with E-state index in [0.717, 1.165) is 18.0 Å². The Morgan fingerprint density at radius 3 is 1.84 bits per heavy atom. The quantitative estimate of drug-likeness (QED) is 0.303. The van der Waals surface area contributed by atoms with E-state index >= 15 is 0 Å². The Bertz CT molecular complexity index is 610. The molecule has 1 heterocycles. The molecule has 0 saturated heterocycles. The van der Waals surface area contributed by atoms with Crippen molar-refractivity contribution in [2.75, 3.05) is 0 Å². The SMILES string of the molecule is Cc1nn(C)c[n+]1C.FB(F)F.O=C(c1ccccc1)C(F)(F)F.[F-]. The molecule has 0 saturated carbocycles. The Morgan fingerprint density at radius 2 is 1.60 bits per heavy atom. The second-order valence-electron chi connectivity index (χ2n) is 4.39. The van der Waals surface area contributed by atoms with Gasteiger partial charge in [0.2, 0.25) is 6.33 Å². The van der Waals surface area contributed by atoms with Crippen molar-refractivity contribution in [3.05, 3.63) is 48.0 Å². The van der Waals surface area contributed by atoms with Crippen LogP contribution in [0.15, 0.2) is 36.7 Å². The van der Waals surface area contributed by atoms with Gasteiger partial charge in [0.25, 0.3) is 11.6 Å². The van der Waals surface area contributed by atoms with Gasteiger partial charge in [0.15, 0.2) is 0 Å². The van der Waals surface area contributed by atoms with Crippen molar-refractivity contribution >= 4 is 13.3 Å². The van der Waals surface area contributed by atoms with Gasteiger partial charge < -0.3 is 4.70 Å². The first-order valence-corrected chi connectivity index (χ1v) is 6.39. The summed E-state index contributed by atoms with van der Waals surface area (Å²) in [4.78, 5) is 10.5. The van der Waals surface area contributed by atoms with Crippen LogP contribution in [0.25, 0.3) is 0 Å². The fourth-order valence-corrected chi connectivity index (χ4v) is 1.41. The van der Waals surface area contributed by atoms with Gasteiger partial charge in [-0.05, 0) is 0 Å². The van der Waals surface area contributed by atoms with Crippen LogP contribution in [0.4, 0.5) is 26.1 Å². The molecule has 25 heavy (non-hydrogen) atoms. The third-order valence-electron chi connectivity index (χ3n) is 2.45. The number of benzene rings is 1. The maximum absolute atomic E-state index is 11.8. The maximum Gasteiger partial charge on any atom is 0.762 e. The number of nitrogens with zero attached hydrogens (tertiary/aromatic N) is 3. The Kier molecular flexibility index (Phi) is 11.1. The van der Waals surface area contributed by atoms with Crippen LogP contribution in [-0.2, 0) is 14.1 Å². The summed E-state index contributed by atoms with van der Waals surface area (Å²) < 4.78 is 68.1. The van der Waals surface area contributed by atoms with Crippen molar-refractivity contribution in [2.45, 2.75) is 13.1 Å². The van der Waals surface area contributed by atoms with Gasteiger partial charge in [-0.3, -0.25) is 17.7 Å². The van der Waals surface area contributed by atoms with E-state index in [-0.39, 0.29) is 10.3 Å². The van der Waals surface area contributed by atoms with E-state index in [1.165, 1.54) is 12.1 Å². The highest BCUT2D eigenvalue weighted by atomic mass is 19.4. The Balaban J connectivity index is 0. The predicted molar refractivity (Wildman–Crippen MR) is 75.0 cm³/mol. The first-order chi connectivity index (χ1) is 10.9. The molecule has 0 aliphatic carbocycles. The molecular formula is C13H15BF7N3O. The number of rotatable bonds is 1. The zero-order valence-corrected chi connectivity index (χ0v) is 13.4. The van der Waals surface area contributed by atoms with E-state index in [0.29, 0.717) is 0 Å². The number of ketones is 1. The van der Waals surface area contributed by atoms with Crippen LogP contribution in [0, 0.1) is 6.92 Å². The molecule has 12 heteroatoms. The fraction of sp³-hybridized carbons (Fsp3) is 0.308. The summed E-state index contributed by atoms with van der Waals surface area (Å²) in [5.41, 5.74) is -0.329. The minimum Gasteiger partial charge on any atom is -1.00 e. The number of alkyl halides is 3. The standard InChI is InChI=1S/C8H5F3O.C5H10N3.BF3.FH/c9-8(10,11)7(12)6-4-2-1-3-5-6;1-5-6-8(3)4-7(5)2;2-1(3)4;/h1-5H;4H,1-3H3;;1H/q;+1;;/p-1. The van der Waals surface area contributed by atoms with Crippen LogP contribution >= 0.6 is 0 Å². The summed E-state index contributed by atoms with van der Waals surface area (Å²) in [5, 5.41) is 4.09. The normalized spacial score (nSPS) is 9.64. The molecule has 0 atom stereocenters. The first-order valence-electron chi connectivity index (χ1n) is 6.39. The molecule has 0 aliphatic heterocycles. The van der Waals surface area contributed by atoms with E-state index < -0.39 is 19.5 Å². The highest BCUT2D eigenvalue weighted by Gasteiger charge is 2.38. The number of hydrogen-bond donors (Lipinski definition) is 0. The molecule has 0 fully saturated rings. The molecule has 0 radical (unpaired) electrons. The second kappa shape index (κ2) is 11.2. The minimum absolute atomic E-state index is 0. The highest BCUT2D eigenvalue weighted by molar-refractivity contribution is 6.33. The lowest BCUT2D eigenvalue weighted by Gasteiger charge is -2.03. The average molecular weight is 373 g/mol. The van der Waals surface area contributed by atoms with Gasteiger partial charge in [-0.2, -0.15) is 13.2 Å². The lowest BCUT2D eigenvalue weighted by Crippen LogP contribution is -3.00. The average Bonchev–Trinajstić information content (AvgIpc) is 2.74. The number of carbonyl (C=O) groups excluding carboxylic acids is 1. The van der Waals surface area contributed by atoms with Crippen molar-refractivity contribution in [1.29, 1.82) is 0 Å². The molecule has 0 N–H and O–H groups in total. The number of carbonyl (C=O) groups is 1. The molecule has 1 aromatic heterocycles. The van der Waals surface area contributed by atoms with E-state index in [4.69, 9.17) is 0 Å². The molecule has 140 valence electrons. The molecule has 0 aliphatic rings. The zero-order chi connectivity index (χ0) is 18.9. The van der Waals surface area contributed by atoms with Crippen molar-refractivity contribution in [3.8, 4) is 0 Å². The van der Waals surface area contributed by atoms with Crippen LogP contribution in [0.1, 0.15) is 16.2 Å². The number of aryl methyl sites for hydroxylation is 3. The molecule has 0 bridgehead atoms. The number of Topliss-reactive ketones (excluding diaryl/α,β-unsaturated/α-hetero) is 1. The number of halogens is 7. The van der Waals surface area contributed by atoms with Crippen LogP contribution in [0.5, 0.6) is 0 Å². The smallest absolute Gasteiger partial charge is 0.762 e. The van der Waals surface area contributed by atoms with Crippen molar-refractivity contribution in [2.24, 2.45) is 14.1 Å². The van der Waals surface area contributed by atoms with Crippen LogP contribution in [0.3, 0.4) is 0 Å². The largest absolute Gasteiger partial charge is 1.00 e. The first kappa shape index (κ1) is 24.9.